The summed E-state index contributed by atoms with van der Waals surface area (Å²) in [5.41, 5.74) is 4.39. The summed E-state index contributed by atoms with van der Waals surface area (Å²) in [5.74, 6) is 0. The highest BCUT2D eigenvalue weighted by Gasteiger charge is 2.13. The lowest BCUT2D eigenvalue weighted by molar-refractivity contribution is 0.140. The summed E-state index contributed by atoms with van der Waals surface area (Å²) in [5, 5.41) is 3.39. The minimum Gasteiger partial charge on any atom is -0.380 e. The fourth-order valence-corrected chi connectivity index (χ4v) is 2.66. The Hall–Kier alpha value is -0.900. The molecular weight excluding hydrogens is 212 g/mol. The van der Waals surface area contributed by atoms with Crippen molar-refractivity contribution in [3.8, 4) is 0 Å². The molecule has 92 valence electrons. The second-order valence-electron chi connectivity index (χ2n) is 4.95. The van der Waals surface area contributed by atoms with Gasteiger partial charge in [-0.05, 0) is 23.1 Å². The Morgan fingerprint density at radius 2 is 2.06 bits per heavy atom. The lowest BCUT2D eigenvalue weighted by atomic mass is 10.1. The maximum atomic E-state index is 5.48. The first kappa shape index (κ1) is 11.2. The third-order valence-electron chi connectivity index (χ3n) is 3.62. The molecule has 1 fully saturated rings. The molecule has 2 aliphatic rings. The van der Waals surface area contributed by atoms with E-state index in [4.69, 9.17) is 4.74 Å². The quantitative estimate of drug-likeness (QED) is 0.836. The molecule has 3 heteroatoms. The van der Waals surface area contributed by atoms with Crippen LogP contribution in [-0.4, -0.2) is 31.2 Å². The smallest absolute Gasteiger partial charge is 0.0593 e. The summed E-state index contributed by atoms with van der Waals surface area (Å²) in [4.78, 5) is 2.50. The molecule has 1 aromatic carbocycles. The molecular formula is C14H20N2O. The van der Waals surface area contributed by atoms with Crippen LogP contribution in [0.15, 0.2) is 18.2 Å². The first-order chi connectivity index (χ1) is 8.42. The standard InChI is InChI=1S/C14H20N2O/c1-4-16(5-7-17-6-1)11-12-2-3-13-9-15-10-14(13)8-12/h2-3,8,15H,1,4-7,9-11H2. The summed E-state index contributed by atoms with van der Waals surface area (Å²) in [7, 11) is 0. The lowest BCUT2D eigenvalue weighted by Crippen LogP contribution is -2.25. The Morgan fingerprint density at radius 1 is 1.12 bits per heavy atom. The van der Waals surface area contributed by atoms with Crippen LogP contribution in [0.2, 0.25) is 0 Å². The largest absolute Gasteiger partial charge is 0.380 e. The van der Waals surface area contributed by atoms with E-state index in [2.05, 4.69) is 28.4 Å². The molecule has 0 atom stereocenters. The van der Waals surface area contributed by atoms with Crippen molar-refractivity contribution in [2.24, 2.45) is 0 Å². The summed E-state index contributed by atoms with van der Waals surface area (Å²) in [6.45, 7) is 7.16. The Balaban J connectivity index is 1.67. The van der Waals surface area contributed by atoms with Crippen LogP contribution in [-0.2, 0) is 24.4 Å². The zero-order chi connectivity index (χ0) is 11.5. The highest BCUT2D eigenvalue weighted by molar-refractivity contribution is 5.34. The van der Waals surface area contributed by atoms with Crippen LogP contribution >= 0.6 is 0 Å². The van der Waals surface area contributed by atoms with Crippen LogP contribution in [0.5, 0.6) is 0 Å². The average molecular weight is 232 g/mol. The van der Waals surface area contributed by atoms with Gasteiger partial charge < -0.3 is 10.1 Å². The molecule has 0 aromatic heterocycles. The van der Waals surface area contributed by atoms with Crippen molar-refractivity contribution in [1.82, 2.24) is 10.2 Å². The van der Waals surface area contributed by atoms with Gasteiger partial charge in [-0.2, -0.15) is 0 Å². The first-order valence-corrected chi connectivity index (χ1v) is 6.53. The monoisotopic (exact) mass is 232 g/mol. The fraction of sp³-hybridized carbons (Fsp3) is 0.571. The van der Waals surface area contributed by atoms with E-state index in [0.717, 1.165) is 52.4 Å². The van der Waals surface area contributed by atoms with Gasteiger partial charge in [-0.25, -0.2) is 0 Å². The highest BCUT2D eigenvalue weighted by Crippen LogP contribution is 2.18. The second kappa shape index (κ2) is 5.17. The van der Waals surface area contributed by atoms with Gasteiger partial charge in [-0.3, -0.25) is 4.90 Å². The van der Waals surface area contributed by atoms with Gasteiger partial charge in [0.25, 0.3) is 0 Å². The number of rotatable bonds is 2. The van der Waals surface area contributed by atoms with Crippen LogP contribution < -0.4 is 5.32 Å². The maximum absolute atomic E-state index is 5.48. The minimum atomic E-state index is 0.881. The number of benzene rings is 1. The fourth-order valence-electron chi connectivity index (χ4n) is 2.66. The van der Waals surface area contributed by atoms with Crippen LogP contribution in [0.1, 0.15) is 23.1 Å². The van der Waals surface area contributed by atoms with Crippen molar-refractivity contribution < 1.29 is 4.74 Å². The highest BCUT2D eigenvalue weighted by atomic mass is 16.5. The van der Waals surface area contributed by atoms with Crippen molar-refractivity contribution in [1.29, 1.82) is 0 Å². The summed E-state index contributed by atoms with van der Waals surface area (Å²) < 4.78 is 5.48. The summed E-state index contributed by atoms with van der Waals surface area (Å²) in [6.07, 6.45) is 1.16. The van der Waals surface area contributed by atoms with E-state index in [1.807, 2.05) is 0 Å². The van der Waals surface area contributed by atoms with Gasteiger partial charge in [0.1, 0.15) is 0 Å². The number of ether oxygens (including phenoxy) is 1. The number of nitrogens with zero attached hydrogens (tertiary/aromatic N) is 1. The summed E-state index contributed by atoms with van der Waals surface area (Å²) in [6, 6.07) is 6.91. The van der Waals surface area contributed by atoms with E-state index < -0.39 is 0 Å². The van der Waals surface area contributed by atoms with Crippen LogP contribution in [0, 0.1) is 0 Å². The van der Waals surface area contributed by atoms with E-state index >= 15 is 0 Å². The van der Waals surface area contributed by atoms with Crippen molar-refractivity contribution in [2.75, 3.05) is 26.3 Å². The molecule has 0 bridgehead atoms. The molecule has 0 radical (unpaired) electrons. The number of nitrogens with one attached hydrogen (secondary N) is 1. The Labute approximate surface area is 103 Å². The van der Waals surface area contributed by atoms with E-state index in [9.17, 15) is 0 Å². The van der Waals surface area contributed by atoms with E-state index in [0.29, 0.717) is 0 Å². The van der Waals surface area contributed by atoms with Crippen LogP contribution in [0.3, 0.4) is 0 Å². The topological polar surface area (TPSA) is 24.5 Å². The molecule has 1 saturated heterocycles. The van der Waals surface area contributed by atoms with Crippen molar-refractivity contribution in [2.45, 2.75) is 26.1 Å². The number of hydrogen-bond donors (Lipinski definition) is 1. The van der Waals surface area contributed by atoms with Crippen LogP contribution in [0.4, 0.5) is 0 Å². The molecule has 3 rings (SSSR count). The van der Waals surface area contributed by atoms with Crippen molar-refractivity contribution >= 4 is 0 Å². The van der Waals surface area contributed by atoms with Gasteiger partial charge in [-0.1, -0.05) is 18.2 Å². The third kappa shape index (κ3) is 2.68. The molecule has 0 amide bonds. The van der Waals surface area contributed by atoms with Gasteiger partial charge in [0, 0.05) is 39.3 Å². The molecule has 1 aromatic rings. The first-order valence-electron chi connectivity index (χ1n) is 6.53. The van der Waals surface area contributed by atoms with Crippen molar-refractivity contribution in [3.63, 3.8) is 0 Å². The van der Waals surface area contributed by atoms with E-state index in [-0.39, 0.29) is 0 Å². The van der Waals surface area contributed by atoms with E-state index in [1.165, 1.54) is 16.7 Å². The molecule has 3 nitrogen and oxygen atoms in total. The minimum absolute atomic E-state index is 0.881. The van der Waals surface area contributed by atoms with Gasteiger partial charge in [0.15, 0.2) is 0 Å². The predicted molar refractivity (Wildman–Crippen MR) is 67.7 cm³/mol. The Morgan fingerprint density at radius 3 is 3.06 bits per heavy atom. The molecule has 2 heterocycles. The maximum Gasteiger partial charge on any atom is 0.0593 e. The molecule has 0 aliphatic carbocycles. The Bertz CT molecular complexity index is 384. The SMILES string of the molecule is c1cc2c(cc1CN1CCCOCC1)CNC2. The lowest BCUT2D eigenvalue weighted by Gasteiger charge is -2.19. The predicted octanol–water partition coefficient (Wildman–Crippen LogP) is 1.51. The zero-order valence-electron chi connectivity index (χ0n) is 10.2. The van der Waals surface area contributed by atoms with Gasteiger partial charge in [-0.15, -0.1) is 0 Å². The molecule has 2 aliphatic heterocycles. The Kier molecular flexibility index (Phi) is 3.41. The second-order valence-corrected chi connectivity index (χ2v) is 4.95. The van der Waals surface area contributed by atoms with Gasteiger partial charge >= 0.3 is 0 Å². The molecule has 1 N–H and O–H groups in total. The summed E-state index contributed by atoms with van der Waals surface area (Å²) >= 11 is 0. The van der Waals surface area contributed by atoms with Crippen LogP contribution in [0.25, 0.3) is 0 Å². The third-order valence-corrected chi connectivity index (χ3v) is 3.62. The molecule has 17 heavy (non-hydrogen) atoms. The van der Waals surface area contributed by atoms with Gasteiger partial charge in [0.2, 0.25) is 0 Å². The zero-order valence-corrected chi connectivity index (χ0v) is 10.2. The molecule has 0 saturated carbocycles. The average Bonchev–Trinajstić information content (AvgIpc) is 2.65. The number of hydrogen-bond acceptors (Lipinski definition) is 3. The normalized spacial score (nSPS) is 21.2. The van der Waals surface area contributed by atoms with Gasteiger partial charge in [0.05, 0.1) is 6.61 Å². The number of fused-ring (bicyclic) bond motifs is 1. The molecule has 0 unspecified atom stereocenters. The molecule has 0 spiro atoms. The van der Waals surface area contributed by atoms with Crippen molar-refractivity contribution in [3.05, 3.63) is 34.9 Å². The van der Waals surface area contributed by atoms with E-state index in [1.54, 1.807) is 0 Å².